The summed E-state index contributed by atoms with van der Waals surface area (Å²) in [5.74, 6) is 0.181. The highest BCUT2D eigenvalue weighted by Gasteiger charge is 2.36. The van der Waals surface area contributed by atoms with Crippen molar-refractivity contribution in [2.75, 3.05) is 13.6 Å². The summed E-state index contributed by atoms with van der Waals surface area (Å²) in [6, 6.07) is 18.0. The highest BCUT2D eigenvalue weighted by Crippen LogP contribution is 2.35. The maximum atomic E-state index is 13.0. The van der Waals surface area contributed by atoms with Gasteiger partial charge in [0.2, 0.25) is 5.91 Å². The molecule has 1 heterocycles. The molecule has 1 fully saturated rings. The maximum Gasteiger partial charge on any atom is 0.225 e. The zero-order chi connectivity index (χ0) is 18.5. The number of amides is 1. The molecule has 0 aromatic heterocycles. The molecule has 2 aromatic rings. The van der Waals surface area contributed by atoms with Crippen molar-refractivity contribution < 1.29 is 4.79 Å². The topological polar surface area (TPSA) is 23.6 Å². The van der Waals surface area contributed by atoms with Crippen molar-refractivity contribution in [2.45, 2.75) is 32.4 Å². The summed E-state index contributed by atoms with van der Waals surface area (Å²) in [6.07, 6.45) is 4.36. The molecule has 0 N–H and O–H groups in total. The van der Waals surface area contributed by atoms with Crippen molar-refractivity contribution in [1.82, 2.24) is 9.80 Å². The van der Waals surface area contributed by atoms with E-state index in [1.165, 1.54) is 11.3 Å². The van der Waals surface area contributed by atoms with Gasteiger partial charge in [-0.3, -0.25) is 4.79 Å². The van der Waals surface area contributed by atoms with Crippen LogP contribution in [0.15, 0.2) is 66.4 Å². The zero-order valence-corrected chi connectivity index (χ0v) is 16.1. The Bertz CT molecular complexity index is 770. The minimum absolute atomic E-state index is 0.0756. The Morgan fingerprint density at radius 2 is 1.85 bits per heavy atom. The highest BCUT2D eigenvalue weighted by molar-refractivity contribution is 6.30. The van der Waals surface area contributed by atoms with Crippen molar-refractivity contribution in [1.29, 1.82) is 0 Å². The van der Waals surface area contributed by atoms with Crippen LogP contribution in [0.5, 0.6) is 0 Å². The summed E-state index contributed by atoms with van der Waals surface area (Å²) in [7, 11) is 2.06. The molecule has 1 saturated heterocycles. The summed E-state index contributed by atoms with van der Waals surface area (Å²) in [4.78, 5) is 17.2. The van der Waals surface area contributed by atoms with Gasteiger partial charge in [0, 0.05) is 24.2 Å². The lowest BCUT2D eigenvalue weighted by molar-refractivity contribution is -0.133. The van der Waals surface area contributed by atoms with E-state index in [1.54, 1.807) is 0 Å². The largest absolute Gasteiger partial charge is 0.353 e. The van der Waals surface area contributed by atoms with Crippen LogP contribution < -0.4 is 0 Å². The molecule has 0 spiro atoms. The second-order valence-electron chi connectivity index (χ2n) is 6.65. The average molecular weight is 369 g/mol. The van der Waals surface area contributed by atoms with Crippen LogP contribution in [0, 0.1) is 0 Å². The van der Waals surface area contributed by atoms with E-state index in [1.807, 2.05) is 47.4 Å². The molecule has 3 rings (SSSR count). The molecule has 3 nitrogen and oxygen atoms in total. The molecule has 1 unspecified atom stereocenters. The highest BCUT2D eigenvalue weighted by atomic mass is 35.5. The van der Waals surface area contributed by atoms with Crippen molar-refractivity contribution in [2.24, 2.45) is 0 Å². The Kier molecular flexibility index (Phi) is 6.00. The number of allylic oxidation sites excluding steroid dienone is 1. The first kappa shape index (κ1) is 18.5. The first-order valence-electron chi connectivity index (χ1n) is 9.11. The van der Waals surface area contributed by atoms with Gasteiger partial charge in [0.25, 0.3) is 0 Å². The third-order valence-corrected chi connectivity index (χ3v) is 5.10. The Hall–Kier alpha value is -2.26. The Morgan fingerprint density at radius 3 is 2.50 bits per heavy atom. The number of rotatable bonds is 5. The Morgan fingerprint density at radius 1 is 1.15 bits per heavy atom. The van der Waals surface area contributed by atoms with E-state index in [0.29, 0.717) is 18.0 Å². The normalized spacial score (nSPS) is 18.6. The van der Waals surface area contributed by atoms with Crippen LogP contribution in [0.3, 0.4) is 0 Å². The number of halogens is 1. The van der Waals surface area contributed by atoms with Crippen molar-refractivity contribution >= 4 is 17.5 Å². The van der Waals surface area contributed by atoms with Crippen LogP contribution in [0.2, 0.25) is 5.02 Å². The van der Waals surface area contributed by atoms with E-state index in [-0.39, 0.29) is 12.1 Å². The fourth-order valence-corrected chi connectivity index (χ4v) is 3.61. The molecular formula is C22H25ClN2O. The van der Waals surface area contributed by atoms with Crippen molar-refractivity contribution in [3.63, 3.8) is 0 Å². The third kappa shape index (κ3) is 4.10. The van der Waals surface area contributed by atoms with Crippen LogP contribution in [0.25, 0.3) is 0 Å². The van der Waals surface area contributed by atoms with E-state index >= 15 is 0 Å². The molecule has 1 atom stereocenters. The summed E-state index contributed by atoms with van der Waals surface area (Å²) in [5.41, 5.74) is 3.48. The Balaban J connectivity index is 1.80. The van der Waals surface area contributed by atoms with Gasteiger partial charge in [-0.25, -0.2) is 0 Å². The molecule has 4 heteroatoms. The number of aryl methyl sites for hydroxylation is 1. The lowest BCUT2D eigenvalue weighted by atomic mass is 10.1. The van der Waals surface area contributed by atoms with E-state index in [4.69, 9.17) is 11.6 Å². The minimum Gasteiger partial charge on any atom is -0.353 e. The summed E-state index contributed by atoms with van der Waals surface area (Å²) in [5, 5.41) is 0.709. The van der Waals surface area contributed by atoms with E-state index in [0.717, 1.165) is 18.4 Å². The smallest absolute Gasteiger partial charge is 0.225 e. The first-order chi connectivity index (χ1) is 12.6. The summed E-state index contributed by atoms with van der Waals surface area (Å²) in [6.45, 7) is 2.78. The summed E-state index contributed by atoms with van der Waals surface area (Å²) < 4.78 is 0. The van der Waals surface area contributed by atoms with Crippen LogP contribution in [0.4, 0.5) is 0 Å². The number of hydrogen-bond donors (Lipinski definition) is 0. The van der Waals surface area contributed by atoms with Gasteiger partial charge in [-0.15, -0.1) is 0 Å². The van der Waals surface area contributed by atoms with Gasteiger partial charge in [-0.1, -0.05) is 67.1 Å². The van der Waals surface area contributed by atoms with Gasteiger partial charge in [-0.2, -0.15) is 0 Å². The van der Waals surface area contributed by atoms with E-state index < -0.39 is 0 Å². The molecule has 0 aliphatic carbocycles. The van der Waals surface area contributed by atoms with Gasteiger partial charge in [0.15, 0.2) is 0 Å². The number of carbonyl (C=O) groups excluding carboxylic acids is 1. The predicted octanol–water partition coefficient (Wildman–Crippen LogP) is 5.04. The molecule has 1 aliphatic rings. The van der Waals surface area contributed by atoms with Crippen molar-refractivity contribution in [3.05, 3.63) is 82.5 Å². The summed E-state index contributed by atoms with van der Waals surface area (Å²) >= 11 is 6.04. The van der Waals surface area contributed by atoms with Crippen molar-refractivity contribution in [3.8, 4) is 0 Å². The van der Waals surface area contributed by atoms with Gasteiger partial charge in [0.1, 0.15) is 6.17 Å². The minimum atomic E-state index is -0.0756. The van der Waals surface area contributed by atoms with Crippen LogP contribution in [0.1, 0.15) is 37.1 Å². The predicted molar refractivity (Wildman–Crippen MR) is 107 cm³/mol. The number of nitrogens with zero attached hydrogens (tertiary/aromatic N) is 2. The number of likely N-dealkylation sites (N-methyl/N-ethyl adjacent to an activating group) is 1. The van der Waals surface area contributed by atoms with E-state index in [9.17, 15) is 4.79 Å². The molecule has 0 saturated carbocycles. The standard InChI is InChI=1S/C22H25ClN2O/c1-3-7-20-16-25(21(26)15-10-17-8-5-4-6-9-17)22(24(20)2)18-11-13-19(23)14-12-18/h4-9,11-14,22H,3,10,15-16H2,1-2H3/b20-7+. The van der Waals surface area contributed by atoms with Crippen LogP contribution in [-0.4, -0.2) is 29.3 Å². The zero-order valence-electron chi connectivity index (χ0n) is 15.4. The maximum absolute atomic E-state index is 13.0. The SMILES string of the molecule is CC/C=C1\CN(C(=O)CCc2ccccc2)C(c2ccc(Cl)cc2)N1C. The monoisotopic (exact) mass is 368 g/mol. The molecule has 2 aromatic carbocycles. The van der Waals surface area contributed by atoms with Gasteiger partial charge in [0.05, 0.1) is 6.54 Å². The molecular weight excluding hydrogens is 344 g/mol. The van der Waals surface area contributed by atoms with Gasteiger partial charge >= 0.3 is 0 Å². The molecule has 136 valence electrons. The lowest BCUT2D eigenvalue weighted by Crippen LogP contribution is -2.34. The number of carbonyl (C=O) groups is 1. The first-order valence-corrected chi connectivity index (χ1v) is 9.48. The Labute approximate surface area is 160 Å². The fraction of sp³-hybridized carbons (Fsp3) is 0.318. The molecule has 26 heavy (non-hydrogen) atoms. The number of benzene rings is 2. The second-order valence-corrected chi connectivity index (χ2v) is 7.08. The second kappa shape index (κ2) is 8.41. The van der Waals surface area contributed by atoms with E-state index in [2.05, 4.69) is 37.1 Å². The lowest BCUT2D eigenvalue weighted by Gasteiger charge is -2.29. The number of hydrogen-bond acceptors (Lipinski definition) is 2. The van der Waals surface area contributed by atoms with Gasteiger partial charge in [-0.05, 0) is 36.1 Å². The molecule has 1 amide bonds. The fourth-order valence-electron chi connectivity index (χ4n) is 3.49. The molecule has 0 bridgehead atoms. The quantitative estimate of drug-likeness (QED) is 0.738. The van der Waals surface area contributed by atoms with Crippen LogP contribution >= 0.6 is 11.6 Å². The third-order valence-electron chi connectivity index (χ3n) is 4.85. The molecule has 0 radical (unpaired) electrons. The van der Waals surface area contributed by atoms with Crippen LogP contribution in [-0.2, 0) is 11.2 Å². The molecule has 1 aliphatic heterocycles. The average Bonchev–Trinajstić information content (AvgIpc) is 2.98. The van der Waals surface area contributed by atoms with Gasteiger partial charge < -0.3 is 9.80 Å².